The number of carbonyl (C=O) groups excluding carboxylic acids is 1. The van der Waals surface area contributed by atoms with Crippen molar-refractivity contribution in [3.05, 3.63) is 17.5 Å². The largest absolute Gasteiger partial charge is 0.460 e. The van der Waals surface area contributed by atoms with E-state index in [0.29, 0.717) is 11.7 Å². The van der Waals surface area contributed by atoms with Gasteiger partial charge >= 0.3 is 5.97 Å². The third-order valence-electron chi connectivity index (χ3n) is 2.28. The van der Waals surface area contributed by atoms with Crippen molar-refractivity contribution in [2.24, 2.45) is 0 Å². The second-order valence-electron chi connectivity index (χ2n) is 4.08. The summed E-state index contributed by atoms with van der Waals surface area (Å²) < 4.78 is 11.2. The molecular weight excluding hydrogens is 252 g/mol. The third kappa shape index (κ3) is 2.92. The number of tetrazole rings is 1. The molecule has 0 radical (unpaired) electrons. The van der Waals surface area contributed by atoms with E-state index in [4.69, 9.17) is 9.26 Å². The Labute approximate surface area is 108 Å². The van der Waals surface area contributed by atoms with Crippen LogP contribution in [0.25, 0.3) is 0 Å². The first kappa shape index (κ1) is 13.1. The van der Waals surface area contributed by atoms with Gasteiger partial charge in [0.15, 0.2) is 5.82 Å². The number of carbonyl (C=O) groups is 1. The number of nitrogens with zero attached hydrogens (tertiary/aromatic N) is 6. The van der Waals surface area contributed by atoms with Crippen molar-refractivity contribution in [3.63, 3.8) is 0 Å². The second-order valence-corrected chi connectivity index (χ2v) is 4.08. The van der Waals surface area contributed by atoms with Gasteiger partial charge in [-0.2, -0.15) is 4.98 Å². The molecule has 9 nitrogen and oxygen atoms in total. The van der Waals surface area contributed by atoms with Crippen molar-refractivity contribution in [1.29, 1.82) is 0 Å². The smallest absolute Gasteiger partial charge is 0.378 e. The molecule has 9 heteroatoms. The van der Waals surface area contributed by atoms with Crippen molar-refractivity contribution in [1.82, 2.24) is 30.3 Å². The zero-order chi connectivity index (χ0) is 13.8. The SMILES string of the molecule is CCOC(=O)c1nnnn1Cc1nc(C(C)C)no1. The van der Waals surface area contributed by atoms with Crippen molar-refractivity contribution >= 4 is 5.97 Å². The molecule has 0 bridgehead atoms. The van der Waals surface area contributed by atoms with Crippen LogP contribution in [0.4, 0.5) is 0 Å². The zero-order valence-electron chi connectivity index (χ0n) is 10.9. The van der Waals surface area contributed by atoms with Crippen LogP contribution in [0.2, 0.25) is 0 Å². The topological polar surface area (TPSA) is 109 Å². The van der Waals surface area contributed by atoms with Crippen molar-refractivity contribution in [2.45, 2.75) is 33.2 Å². The molecule has 0 atom stereocenters. The van der Waals surface area contributed by atoms with Crippen LogP contribution in [-0.2, 0) is 11.3 Å². The highest BCUT2D eigenvalue weighted by molar-refractivity contribution is 5.85. The van der Waals surface area contributed by atoms with Gasteiger partial charge in [0.05, 0.1) is 6.61 Å². The third-order valence-corrected chi connectivity index (χ3v) is 2.28. The van der Waals surface area contributed by atoms with Gasteiger partial charge in [0.25, 0.3) is 5.82 Å². The van der Waals surface area contributed by atoms with Crippen molar-refractivity contribution in [3.8, 4) is 0 Å². The summed E-state index contributed by atoms with van der Waals surface area (Å²) in [5.74, 6) is 0.514. The number of hydrogen-bond acceptors (Lipinski definition) is 8. The molecule has 0 aliphatic carbocycles. The highest BCUT2D eigenvalue weighted by Crippen LogP contribution is 2.10. The fourth-order valence-electron chi connectivity index (χ4n) is 1.35. The first-order valence-corrected chi connectivity index (χ1v) is 5.87. The van der Waals surface area contributed by atoms with E-state index < -0.39 is 5.97 Å². The van der Waals surface area contributed by atoms with Crippen LogP contribution in [0.1, 0.15) is 49.0 Å². The van der Waals surface area contributed by atoms with Gasteiger partial charge < -0.3 is 9.26 Å². The molecule has 0 aliphatic heterocycles. The molecule has 2 aromatic rings. The summed E-state index contributed by atoms with van der Waals surface area (Å²) in [6, 6.07) is 0. The maximum Gasteiger partial charge on any atom is 0.378 e. The summed E-state index contributed by atoms with van der Waals surface area (Å²) in [6.07, 6.45) is 0. The normalized spacial score (nSPS) is 10.9. The molecule has 0 aromatic carbocycles. The molecule has 19 heavy (non-hydrogen) atoms. The predicted molar refractivity (Wildman–Crippen MR) is 61.3 cm³/mol. The minimum atomic E-state index is -0.587. The Morgan fingerprint density at radius 3 is 2.89 bits per heavy atom. The highest BCUT2D eigenvalue weighted by atomic mass is 16.5. The van der Waals surface area contributed by atoms with Gasteiger partial charge in [-0.05, 0) is 17.4 Å². The molecule has 2 aromatic heterocycles. The maximum atomic E-state index is 11.6. The van der Waals surface area contributed by atoms with Gasteiger partial charge in [0, 0.05) is 5.92 Å². The highest BCUT2D eigenvalue weighted by Gasteiger charge is 2.19. The Kier molecular flexibility index (Phi) is 3.83. The van der Waals surface area contributed by atoms with Gasteiger partial charge in [0.1, 0.15) is 6.54 Å². The molecule has 0 saturated carbocycles. The first-order valence-electron chi connectivity index (χ1n) is 5.87. The Balaban J connectivity index is 2.14. The standard InChI is InChI=1S/C10H14N6O3/c1-4-18-10(17)9-12-14-15-16(9)5-7-11-8(6(2)3)13-19-7/h6H,4-5H2,1-3H3. The summed E-state index contributed by atoms with van der Waals surface area (Å²) in [7, 11) is 0. The number of hydrogen-bond donors (Lipinski definition) is 0. The van der Waals surface area contributed by atoms with Crippen molar-refractivity contribution < 1.29 is 14.1 Å². The lowest BCUT2D eigenvalue weighted by atomic mass is 10.2. The Morgan fingerprint density at radius 2 is 2.26 bits per heavy atom. The molecule has 0 aliphatic rings. The van der Waals surface area contributed by atoms with Crippen LogP contribution < -0.4 is 0 Å². The molecule has 0 N–H and O–H groups in total. The minimum absolute atomic E-state index is 0.00569. The van der Waals surface area contributed by atoms with E-state index in [0.717, 1.165) is 0 Å². The molecular formula is C10H14N6O3. The summed E-state index contributed by atoms with van der Waals surface area (Å²) >= 11 is 0. The molecule has 0 unspecified atom stereocenters. The van der Waals surface area contributed by atoms with E-state index in [-0.39, 0.29) is 24.9 Å². The number of aromatic nitrogens is 6. The van der Waals surface area contributed by atoms with E-state index in [2.05, 4.69) is 25.7 Å². The average molecular weight is 266 g/mol. The summed E-state index contributed by atoms with van der Waals surface area (Å²) in [5.41, 5.74) is 0. The quantitative estimate of drug-likeness (QED) is 0.715. The van der Waals surface area contributed by atoms with Crippen LogP contribution in [-0.4, -0.2) is 42.9 Å². The van der Waals surface area contributed by atoms with Gasteiger partial charge in [-0.3, -0.25) is 0 Å². The van der Waals surface area contributed by atoms with Crippen LogP contribution in [0.3, 0.4) is 0 Å². The Hall–Kier alpha value is -2.32. The lowest BCUT2D eigenvalue weighted by molar-refractivity contribution is 0.0504. The average Bonchev–Trinajstić information content (AvgIpc) is 2.99. The lowest BCUT2D eigenvalue weighted by Crippen LogP contribution is -2.15. The molecule has 102 valence electrons. The summed E-state index contributed by atoms with van der Waals surface area (Å²) in [4.78, 5) is 15.8. The summed E-state index contributed by atoms with van der Waals surface area (Å²) in [5, 5.41) is 14.6. The van der Waals surface area contributed by atoms with Crippen LogP contribution >= 0.6 is 0 Å². The fraction of sp³-hybridized carbons (Fsp3) is 0.600. The molecule has 0 saturated heterocycles. The monoisotopic (exact) mass is 266 g/mol. The van der Waals surface area contributed by atoms with Gasteiger partial charge in [-0.1, -0.05) is 19.0 Å². The molecule has 2 rings (SSSR count). The fourth-order valence-corrected chi connectivity index (χ4v) is 1.35. The predicted octanol–water partition coefficient (Wildman–Crippen LogP) is 0.404. The van der Waals surface area contributed by atoms with E-state index in [1.165, 1.54) is 4.68 Å². The summed E-state index contributed by atoms with van der Waals surface area (Å²) in [6.45, 7) is 6.00. The maximum absolute atomic E-state index is 11.6. The van der Waals surface area contributed by atoms with E-state index in [1.54, 1.807) is 6.92 Å². The van der Waals surface area contributed by atoms with E-state index >= 15 is 0 Å². The number of esters is 1. The molecule has 0 spiro atoms. The van der Waals surface area contributed by atoms with Gasteiger partial charge in [-0.25, -0.2) is 9.48 Å². The molecule has 0 fully saturated rings. The number of ether oxygens (including phenoxy) is 1. The second kappa shape index (κ2) is 5.55. The molecule has 0 amide bonds. The Bertz CT molecular complexity index is 561. The first-order chi connectivity index (χ1) is 9.11. The van der Waals surface area contributed by atoms with Crippen LogP contribution in [0.15, 0.2) is 4.52 Å². The van der Waals surface area contributed by atoms with Crippen LogP contribution in [0, 0.1) is 0 Å². The number of rotatable bonds is 5. The van der Waals surface area contributed by atoms with Gasteiger partial charge in [-0.15, -0.1) is 5.10 Å². The molecule has 2 heterocycles. The zero-order valence-corrected chi connectivity index (χ0v) is 10.9. The lowest BCUT2D eigenvalue weighted by Gasteiger charge is -2.00. The minimum Gasteiger partial charge on any atom is -0.460 e. The van der Waals surface area contributed by atoms with Gasteiger partial charge in [0.2, 0.25) is 5.89 Å². The Morgan fingerprint density at radius 1 is 1.47 bits per heavy atom. The van der Waals surface area contributed by atoms with Crippen molar-refractivity contribution in [2.75, 3.05) is 6.61 Å². The van der Waals surface area contributed by atoms with Crippen LogP contribution in [0.5, 0.6) is 0 Å². The van der Waals surface area contributed by atoms with E-state index in [9.17, 15) is 4.79 Å². The van der Waals surface area contributed by atoms with E-state index in [1.807, 2.05) is 13.8 Å².